The van der Waals surface area contributed by atoms with Crippen molar-refractivity contribution in [2.24, 2.45) is 11.5 Å². The molecule has 0 saturated heterocycles. The minimum atomic E-state index is -0.592. The normalized spacial score (nSPS) is 20.4. The van der Waals surface area contributed by atoms with Crippen LogP contribution in [-0.4, -0.2) is 5.54 Å². The number of hydrogen-bond donors (Lipinski definition) is 2. The lowest BCUT2D eigenvalue weighted by Crippen LogP contribution is -2.51. The number of rotatable bonds is 2. The fraction of sp³-hybridized carbons (Fsp3) is 0.120. The first-order valence-electron chi connectivity index (χ1n) is 9.13. The summed E-state index contributed by atoms with van der Waals surface area (Å²) >= 11 is 0. The van der Waals surface area contributed by atoms with Crippen molar-refractivity contribution >= 4 is 6.08 Å². The van der Waals surface area contributed by atoms with Gasteiger partial charge in [-0.1, -0.05) is 78.6 Å². The molecule has 4 rings (SSSR count). The summed E-state index contributed by atoms with van der Waals surface area (Å²) in [5, 5.41) is 0. The molecule has 0 saturated carbocycles. The van der Waals surface area contributed by atoms with Gasteiger partial charge in [-0.05, 0) is 47.4 Å². The first-order chi connectivity index (χ1) is 13.1. The second-order valence-corrected chi connectivity index (χ2v) is 7.04. The Morgan fingerprint density at radius 2 is 1.41 bits per heavy atom. The Kier molecular flexibility index (Phi) is 4.64. The zero-order valence-electron chi connectivity index (χ0n) is 15.1. The lowest BCUT2D eigenvalue weighted by Gasteiger charge is -2.36. The third kappa shape index (κ3) is 3.71. The van der Waals surface area contributed by atoms with Gasteiger partial charge in [-0.15, -0.1) is 0 Å². The smallest absolute Gasteiger partial charge is 0.0579 e. The van der Waals surface area contributed by atoms with Gasteiger partial charge in [-0.3, -0.25) is 0 Å². The summed E-state index contributed by atoms with van der Waals surface area (Å²) in [5.74, 6) is 6.38. The van der Waals surface area contributed by atoms with Crippen molar-refractivity contribution in [3.8, 4) is 11.8 Å². The van der Waals surface area contributed by atoms with Crippen LogP contribution in [-0.2, 0) is 6.42 Å². The summed E-state index contributed by atoms with van der Waals surface area (Å²) in [6, 6.07) is 26.2. The maximum atomic E-state index is 6.68. The minimum Gasteiger partial charge on any atom is -0.322 e. The van der Waals surface area contributed by atoms with Gasteiger partial charge in [0.2, 0.25) is 0 Å². The predicted molar refractivity (Wildman–Crippen MR) is 112 cm³/mol. The Labute approximate surface area is 160 Å². The molecule has 4 N–H and O–H groups in total. The van der Waals surface area contributed by atoms with Crippen LogP contribution in [0.2, 0.25) is 0 Å². The molecule has 3 aromatic carbocycles. The molecule has 2 atom stereocenters. The molecule has 0 aromatic heterocycles. The van der Waals surface area contributed by atoms with Crippen molar-refractivity contribution in [1.29, 1.82) is 0 Å². The van der Waals surface area contributed by atoms with Gasteiger partial charge in [0, 0.05) is 11.1 Å². The van der Waals surface area contributed by atoms with Crippen LogP contribution in [0.5, 0.6) is 0 Å². The van der Waals surface area contributed by atoms with E-state index in [4.69, 9.17) is 11.5 Å². The zero-order chi connectivity index (χ0) is 18.7. The molecule has 132 valence electrons. The van der Waals surface area contributed by atoms with Crippen molar-refractivity contribution in [3.05, 3.63) is 113 Å². The van der Waals surface area contributed by atoms with Crippen molar-refractivity contribution in [3.63, 3.8) is 0 Å². The Hall–Kier alpha value is -3.12. The van der Waals surface area contributed by atoms with Crippen molar-refractivity contribution in [1.82, 2.24) is 0 Å². The molecule has 0 heterocycles. The third-order valence-electron chi connectivity index (χ3n) is 5.07. The Bertz CT molecular complexity index is 1020. The van der Waals surface area contributed by atoms with Crippen LogP contribution in [0.1, 0.15) is 33.9 Å². The van der Waals surface area contributed by atoms with Gasteiger partial charge in [0.1, 0.15) is 0 Å². The molecule has 0 fully saturated rings. The SMILES string of the molecule is NC1c2ccccc2C=CC1(N)Cc1ccc(C#Cc2ccccc2)cc1. The van der Waals surface area contributed by atoms with E-state index in [-0.39, 0.29) is 6.04 Å². The summed E-state index contributed by atoms with van der Waals surface area (Å²) in [6.07, 6.45) is 4.81. The Morgan fingerprint density at radius 3 is 2.15 bits per heavy atom. The molecule has 2 nitrogen and oxygen atoms in total. The van der Waals surface area contributed by atoms with E-state index in [1.54, 1.807) is 0 Å². The lowest BCUT2D eigenvalue weighted by molar-refractivity contribution is 0.425. The monoisotopic (exact) mass is 350 g/mol. The lowest BCUT2D eigenvalue weighted by atomic mass is 9.76. The molecule has 3 aromatic rings. The maximum absolute atomic E-state index is 6.68. The van der Waals surface area contributed by atoms with E-state index in [1.165, 1.54) is 0 Å². The van der Waals surface area contributed by atoms with Gasteiger partial charge in [0.15, 0.2) is 0 Å². The van der Waals surface area contributed by atoms with Crippen molar-refractivity contribution in [2.45, 2.75) is 18.0 Å². The van der Waals surface area contributed by atoms with Crippen molar-refractivity contribution < 1.29 is 0 Å². The van der Waals surface area contributed by atoms with Gasteiger partial charge in [0.25, 0.3) is 0 Å². The summed E-state index contributed by atoms with van der Waals surface area (Å²) in [7, 11) is 0. The van der Waals surface area contributed by atoms with E-state index in [2.05, 4.69) is 42.2 Å². The maximum Gasteiger partial charge on any atom is 0.0579 e. The van der Waals surface area contributed by atoms with Crippen LogP contribution in [0.25, 0.3) is 6.08 Å². The average Bonchev–Trinajstić information content (AvgIpc) is 2.72. The molecule has 0 amide bonds. The molecule has 1 aliphatic carbocycles. The van der Waals surface area contributed by atoms with Gasteiger partial charge < -0.3 is 11.5 Å². The molecule has 27 heavy (non-hydrogen) atoms. The van der Waals surface area contributed by atoms with Crippen LogP contribution < -0.4 is 11.5 Å². The van der Waals surface area contributed by atoms with Crippen LogP contribution in [0.3, 0.4) is 0 Å². The summed E-state index contributed by atoms with van der Waals surface area (Å²) in [5.41, 5.74) is 18.0. The molecule has 2 heteroatoms. The molecule has 0 bridgehead atoms. The number of nitrogens with two attached hydrogens (primary N) is 2. The number of hydrogen-bond acceptors (Lipinski definition) is 2. The average molecular weight is 350 g/mol. The van der Waals surface area contributed by atoms with E-state index >= 15 is 0 Å². The van der Waals surface area contributed by atoms with Crippen LogP contribution in [0.4, 0.5) is 0 Å². The standard InChI is InChI=1S/C25H22N2/c26-24-23-9-5-4-8-22(23)16-17-25(24,27)18-21-14-12-20(13-15-21)11-10-19-6-2-1-3-7-19/h1-9,12-17,24H,18,26-27H2. The first-order valence-corrected chi connectivity index (χ1v) is 9.13. The molecule has 0 radical (unpaired) electrons. The third-order valence-corrected chi connectivity index (χ3v) is 5.07. The van der Waals surface area contributed by atoms with Gasteiger partial charge in [-0.2, -0.15) is 0 Å². The van der Waals surface area contributed by atoms with E-state index in [1.807, 2.05) is 60.7 Å². The van der Waals surface area contributed by atoms with Crippen molar-refractivity contribution in [2.75, 3.05) is 0 Å². The first kappa shape index (κ1) is 17.3. The van der Waals surface area contributed by atoms with Gasteiger partial charge in [-0.25, -0.2) is 0 Å². The fourth-order valence-corrected chi connectivity index (χ4v) is 3.48. The molecular weight excluding hydrogens is 328 g/mol. The minimum absolute atomic E-state index is 0.226. The van der Waals surface area contributed by atoms with E-state index in [0.717, 1.165) is 27.8 Å². The Balaban J connectivity index is 1.51. The van der Waals surface area contributed by atoms with Crippen LogP contribution in [0.15, 0.2) is 84.9 Å². The molecule has 1 aliphatic rings. The predicted octanol–water partition coefficient (Wildman–Crippen LogP) is 4.05. The molecule has 0 spiro atoms. The molecular formula is C25H22N2. The van der Waals surface area contributed by atoms with E-state index < -0.39 is 5.54 Å². The quantitative estimate of drug-likeness (QED) is 0.685. The van der Waals surface area contributed by atoms with Crippen LogP contribution >= 0.6 is 0 Å². The van der Waals surface area contributed by atoms with Gasteiger partial charge in [0.05, 0.1) is 11.6 Å². The zero-order valence-corrected chi connectivity index (χ0v) is 15.1. The Morgan fingerprint density at radius 1 is 0.778 bits per heavy atom. The summed E-state index contributed by atoms with van der Waals surface area (Å²) in [4.78, 5) is 0. The largest absolute Gasteiger partial charge is 0.322 e. The van der Waals surface area contributed by atoms with E-state index in [0.29, 0.717) is 6.42 Å². The number of benzene rings is 3. The van der Waals surface area contributed by atoms with Gasteiger partial charge >= 0.3 is 0 Å². The molecule has 2 unspecified atom stereocenters. The highest BCUT2D eigenvalue weighted by Gasteiger charge is 2.34. The highest BCUT2D eigenvalue weighted by atomic mass is 14.9. The fourth-order valence-electron chi connectivity index (χ4n) is 3.48. The second kappa shape index (κ2) is 7.25. The highest BCUT2D eigenvalue weighted by Crippen LogP contribution is 2.34. The second-order valence-electron chi connectivity index (χ2n) is 7.04. The highest BCUT2D eigenvalue weighted by molar-refractivity contribution is 5.61. The molecule has 0 aliphatic heterocycles. The summed E-state index contributed by atoms with van der Waals surface area (Å²) < 4.78 is 0. The van der Waals surface area contributed by atoms with Crippen LogP contribution in [0, 0.1) is 11.8 Å². The number of fused-ring (bicyclic) bond motifs is 1. The van der Waals surface area contributed by atoms with E-state index in [9.17, 15) is 0 Å². The topological polar surface area (TPSA) is 52.0 Å². The summed E-state index contributed by atoms with van der Waals surface area (Å²) in [6.45, 7) is 0.